The maximum Gasteiger partial charge on any atom is 0.239 e. The van der Waals surface area contributed by atoms with E-state index in [0.29, 0.717) is 11.6 Å². The van der Waals surface area contributed by atoms with Gasteiger partial charge in [-0.25, -0.2) is 0 Å². The van der Waals surface area contributed by atoms with Crippen LogP contribution in [0.4, 0.5) is 11.5 Å². The van der Waals surface area contributed by atoms with Crippen LogP contribution in [0.15, 0.2) is 24.3 Å². The van der Waals surface area contributed by atoms with E-state index in [4.69, 9.17) is 22.1 Å². The zero-order valence-corrected chi connectivity index (χ0v) is 14.0. The first kappa shape index (κ1) is 15.9. The predicted octanol–water partition coefficient (Wildman–Crippen LogP) is 4.21. The second-order valence-corrected chi connectivity index (χ2v) is 7.49. The van der Waals surface area contributed by atoms with Crippen molar-refractivity contribution in [3.05, 3.63) is 33.5 Å². The van der Waals surface area contributed by atoms with Crippen molar-refractivity contribution in [2.24, 2.45) is 0 Å². The van der Waals surface area contributed by atoms with E-state index in [0.717, 1.165) is 23.1 Å². The molecule has 0 atom stereocenters. The van der Waals surface area contributed by atoms with Crippen LogP contribution in [0.5, 0.6) is 5.88 Å². The van der Waals surface area contributed by atoms with Gasteiger partial charge in [-0.3, -0.25) is 0 Å². The minimum atomic E-state index is -0.326. The van der Waals surface area contributed by atoms with Crippen molar-refractivity contribution in [2.75, 3.05) is 17.6 Å². The van der Waals surface area contributed by atoms with E-state index < -0.39 is 0 Å². The fraction of sp³-hybridized carbons (Fsp3) is 0.400. The van der Waals surface area contributed by atoms with E-state index in [1.165, 1.54) is 4.88 Å². The molecule has 2 aromatic rings. The van der Waals surface area contributed by atoms with Gasteiger partial charge in [0.15, 0.2) is 0 Å². The Kier molecular flexibility index (Phi) is 4.96. The maximum atomic E-state index is 5.91. The topological polar surface area (TPSA) is 60.2 Å². The number of nitrogen functional groups attached to an aromatic ring is 1. The molecular weight excluding hydrogens is 306 g/mol. The molecule has 0 saturated heterocycles. The highest BCUT2D eigenvalue weighted by atomic mass is 35.5. The molecule has 0 aliphatic rings. The fourth-order valence-electron chi connectivity index (χ4n) is 1.72. The van der Waals surface area contributed by atoms with Crippen molar-refractivity contribution in [3.63, 3.8) is 0 Å². The van der Waals surface area contributed by atoms with Gasteiger partial charge >= 0.3 is 0 Å². The zero-order chi connectivity index (χ0) is 15.5. The number of halogens is 1. The Morgan fingerprint density at radius 1 is 1.29 bits per heavy atom. The Balaban J connectivity index is 1.95. The van der Waals surface area contributed by atoms with Crippen molar-refractivity contribution in [2.45, 2.75) is 32.8 Å². The first-order valence-electron chi connectivity index (χ1n) is 6.77. The van der Waals surface area contributed by atoms with Gasteiger partial charge in [-0.2, -0.15) is 4.98 Å². The smallest absolute Gasteiger partial charge is 0.239 e. The molecule has 0 fully saturated rings. The lowest BCUT2D eigenvalue weighted by atomic mass is 10.2. The standard InChI is InChI=1S/C15H20ClN3OS/c1-15(2,3)20-14-11(17)5-7-13(19-14)18-9-8-10-4-6-12(16)21-10/h4-7H,8-9,17H2,1-3H3,(H,18,19). The Morgan fingerprint density at radius 3 is 2.67 bits per heavy atom. The third-order valence-corrected chi connectivity index (χ3v) is 3.89. The summed E-state index contributed by atoms with van der Waals surface area (Å²) in [7, 11) is 0. The molecule has 0 aliphatic carbocycles. The van der Waals surface area contributed by atoms with Crippen LogP contribution in [0.25, 0.3) is 0 Å². The molecule has 2 rings (SSSR count). The Labute approximate surface area is 134 Å². The van der Waals surface area contributed by atoms with Gasteiger partial charge in [-0.1, -0.05) is 11.6 Å². The molecule has 0 amide bonds. The lowest BCUT2D eigenvalue weighted by Crippen LogP contribution is -2.24. The summed E-state index contributed by atoms with van der Waals surface area (Å²) in [5.74, 6) is 1.22. The van der Waals surface area contributed by atoms with Gasteiger partial charge < -0.3 is 15.8 Å². The molecule has 0 aromatic carbocycles. The number of rotatable bonds is 5. The van der Waals surface area contributed by atoms with Crippen molar-refractivity contribution < 1.29 is 4.74 Å². The fourth-order valence-corrected chi connectivity index (χ4v) is 2.81. The molecule has 2 heterocycles. The van der Waals surface area contributed by atoms with Crippen LogP contribution in [0.1, 0.15) is 25.6 Å². The summed E-state index contributed by atoms with van der Waals surface area (Å²) in [5, 5.41) is 3.27. The number of nitrogens with one attached hydrogen (secondary N) is 1. The number of pyridine rings is 1. The number of nitrogens with zero attached hydrogens (tertiary/aromatic N) is 1. The van der Waals surface area contributed by atoms with Crippen molar-refractivity contribution in [3.8, 4) is 5.88 Å². The highest BCUT2D eigenvalue weighted by Crippen LogP contribution is 2.25. The zero-order valence-electron chi connectivity index (χ0n) is 12.4. The van der Waals surface area contributed by atoms with E-state index >= 15 is 0 Å². The van der Waals surface area contributed by atoms with Crippen molar-refractivity contribution in [1.82, 2.24) is 4.98 Å². The number of hydrogen-bond donors (Lipinski definition) is 2. The number of anilines is 2. The second-order valence-electron chi connectivity index (χ2n) is 5.69. The Bertz CT molecular complexity index is 607. The van der Waals surface area contributed by atoms with Crippen LogP contribution < -0.4 is 15.8 Å². The summed E-state index contributed by atoms with van der Waals surface area (Å²) in [6, 6.07) is 7.61. The summed E-state index contributed by atoms with van der Waals surface area (Å²) in [4.78, 5) is 5.66. The molecule has 0 spiro atoms. The highest BCUT2D eigenvalue weighted by molar-refractivity contribution is 7.16. The van der Waals surface area contributed by atoms with Gasteiger partial charge in [-0.05, 0) is 51.5 Å². The Hall–Kier alpha value is -1.46. The quantitative estimate of drug-likeness (QED) is 0.864. The van der Waals surface area contributed by atoms with Gasteiger partial charge in [0, 0.05) is 11.4 Å². The highest BCUT2D eigenvalue weighted by Gasteiger charge is 2.15. The van der Waals surface area contributed by atoms with E-state index in [1.807, 2.05) is 39.0 Å². The summed E-state index contributed by atoms with van der Waals surface area (Å²) in [6.07, 6.45) is 0.902. The molecular formula is C15H20ClN3OS. The minimum Gasteiger partial charge on any atom is -0.470 e. The largest absolute Gasteiger partial charge is 0.470 e. The number of thiophene rings is 1. The second kappa shape index (κ2) is 6.54. The third-order valence-electron chi connectivity index (χ3n) is 2.60. The van der Waals surface area contributed by atoms with E-state index in [2.05, 4.69) is 10.3 Å². The van der Waals surface area contributed by atoms with Crippen LogP contribution in [-0.2, 0) is 6.42 Å². The normalized spacial score (nSPS) is 11.4. The van der Waals surface area contributed by atoms with Gasteiger partial charge in [0.25, 0.3) is 0 Å². The molecule has 0 unspecified atom stereocenters. The maximum absolute atomic E-state index is 5.91. The number of aromatic nitrogens is 1. The first-order chi connectivity index (χ1) is 9.83. The van der Waals surface area contributed by atoms with Gasteiger partial charge in [-0.15, -0.1) is 11.3 Å². The van der Waals surface area contributed by atoms with Gasteiger partial charge in [0.2, 0.25) is 5.88 Å². The summed E-state index contributed by atoms with van der Waals surface area (Å²) in [5.41, 5.74) is 6.11. The van der Waals surface area contributed by atoms with Gasteiger partial charge in [0.1, 0.15) is 11.4 Å². The predicted molar refractivity (Wildman–Crippen MR) is 90.6 cm³/mol. The average molecular weight is 326 g/mol. The van der Waals surface area contributed by atoms with Crippen molar-refractivity contribution >= 4 is 34.4 Å². The molecule has 21 heavy (non-hydrogen) atoms. The molecule has 114 valence electrons. The molecule has 0 aliphatic heterocycles. The molecule has 6 heteroatoms. The van der Waals surface area contributed by atoms with E-state index in [9.17, 15) is 0 Å². The molecule has 2 aromatic heterocycles. The SMILES string of the molecule is CC(C)(C)Oc1nc(NCCc2ccc(Cl)s2)ccc1N. The van der Waals surface area contributed by atoms with Crippen LogP contribution in [0, 0.1) is 0 Å². The molecule has 4 nitrogen and oxygen atoms in total. The minimum absolute atomic E-state index is 0.326. The van der Waals surface area contributed by atoms with Crippen molar-refractivity contribution in [1.29, 1.82) is 0 Å². The Morgan fingerprint density at radius 2 is 2.05 bits per heavy atom. The summed E-state index contributed by atoms with van der Waals surface area (Å²) >= 11 is 7.51. The average Bonchev–Trinajstić information content (AvgIpc) is 2.77. The molecule has 3 N–H and O–H groups in total. The number of nitrogens with two attached hydrogens (primary N) is 1. The number of ether oxygens (including phenoxy) is 1. The van der Waals surface area contributed by atoms with E-state index in [1.54, 1.807) is 17.4 Å². The van der Waals surface area contributed by atoms with Crippen LogP contribution in [-0.4, -0.2) is 17.1 Å². The monoisotopic (exact) mass is 325 g/mol. The molecule has 0 bridgehead atoms. The van der Waals surface area contributed by atoms with Crippen LogP contribution in [0.3, 0.4) is 0 Å². The van der Waals surface area contributed by atoms with Gasteiger partial charge in [0.05, 0.1) is 10.0 Å². The van der Waals surface area contributed by atoms with Crippen LogP contribution >= 0.6 is 22.9 Å². The van der Waals surface area contributed by atoms with Crippen LogP contribution in [0.2, 0.25) is 4.34 Å². The number of hydrogen-bond acceptors (Lipinski definition) is 5. The summed E-state index contributed by atoms with van der Waals surface area (Å²) in [6.45, 7) is 6.68. The first-order valence-corrected chi connectivity index (χ1v) is 7.96. The van der Waals surface area contributed by atoms with E-state index in [-0.39, 0.29) is 5.60 Å². The third kappa shape index (κ3) is 5.10. The summed E-state index contributed by atoms with van der Waals surface area (Å²) < 4.78 is 6.57. The lowest BCUT2D eigenvalue weighted by molar-refractivity contribution is 0.125. The lowest BCUT2D eigenvalue weighted by Gasteiger charge is -2.21. The molecule has 0 saturated carbocycles. The molecule has 0 radical (unpaired) electrons.